The SMILES string of the molecule is CC=CNC=CNC=CC. The van der Waals surface area contributed by atoms with Crippen LogP contribution in [0, 0.1) is 0 Å². The number of rotatable bonds is 4. The lowest BCUT2D eigenvalue weighted by atomic mass is 10.7. The molecule has 0 atom stereocenters. The summed E-state index contributed by atoms with van der Waals surface area (Å²) in [5, 5.41) is 5.87. The Hall–Kier alpha value is -1.18. The average Bonchev–Trinajstić information content (AvgIpc) is 1.97. The van der Waals surface area contributed by atoms with Gasteiger partial charge in [-0.3, -0.25) is 0 Å². The second kappa shape index (κ2) is 7.82. The van der Waals surface area contributed by atoms with Crippen molar-refractivity contribution in [1.29, 1.82) is 0 Å². The van der Waals surface area contributed by atoms with Crippen LogP contribution in [0.25, 0.3) is 0 Å². The van der Waals surface area contributed by atoms with Gasteiger partial charge in [-0.2, -0.15) is 0 Å². The van der Waals surface area contributed by atoms with Gasteiger partial charge < -0.3 is 10.6 Å². The van der Waals surface area contributed by atoms with Crippen LogP contribution in [0.4, 0.5) is 0 Å². The van der Waals surface area contributed by atoms with Crippen LogP contribution in [0.2, 0.25) is 0 Å². The maximum Gasteiger partial charge on any atom is 0.0167 e. The Kier molecular flexibility index (Phi) is 6.90. The minimum absolute atomic E-state index is 1.82. The van der Waals surface area contributed by atoms with Crippen molar-refractivity contribution >= 4 is 0 Å². The molecular formula is C8H14N2. The molecule has 0 aliphatic heterocycles. The van der Waals surface area contributed by atoms with Crippen molar-refractivity contribution in [3.05, 3.63) is 37.0 Å². The molecule has 0 aromatic carbocycles. The molecule has 0 amide bonds. The number of nitrogens with one attached hydrogen (secondary N) is 2. The van der Waals surface area contributed by atoms with E-state index in [0.717, 1.165) is 0 Å². The Balaban J connectivity index is 3.20. The Bertz CT molecular complexity index is 118. The minimum atomic E-state index is 1.82. The van der Waals surface area contributed by atoms with Crippen LogP contribution in [0.5, 0.6) is 0 Å². The van der Waals surface area contributed by atoms with E-state index in [1.807, 2.05) is 50.8 Å². The molecule has 0 saturated heterocycles. The molecular weight excluding hydrogens is 124 g/mol. The monoisotopic (exact) mass is 138 g/mol. The molecule has 0 bridgehead atoms. The molecule has 56 valence electrons. The van der Waals surface area contributed by atoms with E-state index in [1.54, 1.807) is 0 Å². The number of allylic oxidation sites excluding steroid dienone is 2. The summed E-state index contributed by atoms with van der Waals surface area (Å²) in [6.07, 6.45) is 11.2. The van der Waals surface area contributed by atoms with E-state index in [-0.39, 0.29) is 0 Å². The van der Waals surface area contributed by atoms with Crippen molar-refractivity contribution in [2.24, 2.45) is 0 Å². The molecule has 0 unspecified atom stereocenters. The minimum Gasteiger partial charge on any atom is -0.367 e. The van der Waals surface area contributed by atoms with Gasteiger partial charge in [-0.05, 0) is 26.2 Å². The molecule has 0 radical (unpaired) electrons. The Labute approximate surface area is 62.3 Å². The lowest BCUT2D eigenvalue weighted by molar-refractivity contribution is 1.11. The van der Waals surface area contributed by atoms with E-state index < -0.39 is 0 Å². The predicted octanol–water partition coefficient (Wildman–Crippen LogP) is 1.70. The van der Waals surface area contributed by atoms with Gasteiger partial charge in [-0.15, -0.1) is 0 Å². The van der Waals surface area contributed by atoms with Crippen molar-refractivity contribution in [2.45, 2.75) is 13.8 Å². The van der Waals surface area contributed by atoms with Crippen LogP contribution in [-0.4, -0.2) is 0 Å². The number of hydrogen-bond donors (Lipinski definition) is 2. The van der Waals surface area contributed by atoms with E-state index >= 15 is 0 Å². The zero-order valence-electron chi connectivity index (χ0n) is 6.46. The van der Waals surface area contributed by atoms with E-state index in [2.05, 4.69) is 10.6 Å². The first-order chi connectivity index (χ1) is 4.91. The second-order valence-electron chi connectivity index (χ2n) is 1.67. The molecule has 0 rings (SSSR count). The fourth-order valence-electron chi connectivity index (χ4n) is 0.400. The fraction of sp³-hybridized carbons (Fsp3) is 0.250. The zero-order chi connectivity index (χ0) is 7.66. The Morgan fingerprint density at radius 2 is 1.10 bits per heavy atom. The van der Waals surface area contributed by atoms with E-state index in [9.17, 15) is 0 Å². The van der Waals surface area contributed by atoms with Gasteiger partial charge in [0.25, 0.3) is 0 Å². The highest BCUT2D eigenvalue weighted by molar-refractivity contribution is 4.89. The summed E-state index contributed by atoms with van der Waals surface area (Å²) in [5.74, 6) is 0. The first-order valence-electron chi connectivity index (χ1n) is 3.31. The first kappa shape index (κ1) is 8.82. The normalized spacial score (nSPS) is 11.8. The predicted molar refractivity (Wildman–Crippen MR) is 45.0 cm³/mol. The Morgan fingerprint density at radius 3 is 1.40 bits per heavy atom. The smallest absolute Gasteiger partial charge is 0.0167 e. The summed E-state index contributed by atoms with van der Waals surface area (Å²) in [7, 11) is 0. The van der Waals surface area contributed by atoms with Crippen molar-refractivity contribution in [2.75, 3.05) is 0 Å². The fourth-order valence-corrected chi connectivity index (χ4v) is 0.400. The molecule has 0 spiro atoms. The summed E-state index contributed by atoms with van der Waals surface area (Å²) in [6, 6.07) is 0. The highest BCUT2D eigenvalue weighted by atomic mass is 14.9. The standard InChI is InChI=1S/C8H14N2/c1-3-5-9-7-8-10-6-4-2/h3-10H,1-2H3. The zero-order valence-corrected chi connectivity index (χ0v) is 6.46. The van der Waals surface area contributed by atoms with Crippen LogP contribution in [0.3, 0.4) is 0 Å². The Morgan fingerprint density at radius 1 is 0.700 bits per heavy atom. The topological polar surface area (TPSA) is 24.1 Å². The van der Waals surface area contributed by atoms with Crippen molar-refractivity contribution < 1.29 is 0 Å². The lowest BCUT2D eigenvalue weighted by Crippen LogP contribution is -1.97. The van der Waals surface area contributed by atoms with Crippen LogP contribution in [-0.2, 0) is 0 Å². The first-order valence-corrected chi connectivity index (χ1v) is 3.31. The highest BCUT2D eigenvalue weighted by Gasteiger charge is 1.62. The largest absolute Gasteiger partial charge is 0.367 e. The molecule has 0 saturated carbocycles. The van der Waals surface area contributed by atoms with E-state index in [1.165, 1.54) is 0 Å². The van der Waals surface area contributed by atoms with Crippen molar-refractivity contribution in [3.8, 4) is 0 Å². The second-order valence-corrected chi connectivity index (χ2v) is 1.67. The van der Waals surface area contributed by atoms with Crippen LogP contribution in [0.1, 0.15) is 13.8 Å². The van der Waals surface area contributed by atoms with Gasteiger partial charge in [0, 0.05) is 12.4 Å². The molecule has 0 aromatic rings. The molecule has 10 heavy (non-hydrogen) atoms. The molecule has 2 nitrogen and oxygen atoms in total. The maximum absolute atomic E-state index is 2.94. The molecule has 2 heteroatoms. The molecule has 0 aliphatic rings. The highest BCUT2D eigenvalue weighted by Crippen LogP contribution is 1.66. The summed E-state index contributed by atoms with van der Waals surface area (Å²) < 4.78 is 0. The van der Waals surface area contributed by atoms with Gasteiger partial charge in [-0.1, -0.05) is 12.2 Å². The summed E-state index contributed by atoms with van der Waals surface area (Å²) in [6.45, 7) is 3.92. The molecule has 0 fully saturated rings. The summed E-state index contributed by atoms with van der Waals surface area (Å²) in [4.78, 5) is 0. The van der Waals surface area contributed by atoms with Gasteiger partial charge in [0.05, 0.1) is 0 Å². The number of hydrogen-bond acceptors (Lipinski definition) is 2. The molecule has 0 aromatic heterocycles. The van der Waals surface area contributed by atoms with E-state index in [4.69, 9.17) is 0 Å². The third-order valence-electron chi connectivity index (χ3n) is 0.802. The molecule has 0 heterocycles. The van der Waals surface area contributed by atoms with Crippen LogP contribution in [0.15, 0.2) is 37.0 Å². The van der Waals surface area contributed by atoms with Crippen LogP contribution >= 0.6 is 0 Å². The van der Waals surface area contributed by atoms with Gasteiger partial charge in [0.2, 0.25) is 0 Å². The maximum atomic E-state index is 2.94. The van der Waals surface area contributed by atoms with Crippen LogP contribution < -0.4 is 10.6 Å². The van der Waals surface area contributed by atoms with Gasteiger partial charge >= 0.3 is 0 Å². The average molecular weight is 138 g/mol. The van der Waals surface area contributed by atoms with Crippen molar-refractivity contribution in [3.63, 3.8) is 0 Å². The van der Waals surface area contributed by atoms with Gasteiger partial charge in [0.15, 0.2) is 0 Å². The third-order valence-corrected chi connectivity index (χ3v) is 0.802. The summed E-state index contributed by atoms with van der Waals surface area (Å²) >= 11 is 0. The van der Waals surface area contributed by atoms with Gasteiger partial charge in [-0.25, -0.2) is 0 Å². The summed E-state index contributed by atoms with van der Waals surface area (Å²) in [5.41, 5.74) is 0. The molecule has 0 aliphatic carbocycles. The third kappa shape index (κ3) is 6.82. The lowest BCUT2D eigenvalue weighted by Gasteiger charge is -1.88. The van der Waals surface area contributed by atoms with E-state index in [0.29, 0.717) is 0 Å². The quantitative estimate of drug-likeness (QED) is 0.618. The van der Waals surface area contributed by atoms with Crippen molar-refractivity contribution in [1.82, 2.24) is 10.6 Å². The molecule has 2 N–H and O–H groups in total. The van der Waals surface area contributed by atoms with Gasteiger partial charge in [0.1, 0.15) is 0 Å².